The standard InChI is InChI=1S/C16H26N2O/c1-5-12(4)13-6-8-14(9-7-13)16(11(2)3)18-10-15(17)19/h6-9,11-12,16,18H,5,10H2,1-4H3,(H2,17,19)/t12-,16+/m1/s1. The van der Waals surface area contributed by atoms with Gasteiger partial charge in [-0.25, -0.2) is 0 Å². The van der Waals surface area contributed by atoms with E-state index in [0.29, 0.717) is 11.8 Å². The predicted molar refractivity (Wildman–Crippen MR) is 79.9 cm³/mol. The van der Waals surface area contributed by atoms with Crippen LogP contribution in [0.5, 0.6) is 0 Å². The molecule has 0 aromatic heterocycles. The Bertz CT molecular complexity index is 398. The molecule has 0 spiro atoms. The highest BCUT2D eigenvalue weighted by Crippen LogP contribution is 2.25. The van der Waals surface area contributed by atoms with Crippen molar-refractivity contribution in [2.24, 2.45) is 11.7 Å². The lowest BCUT2D eigenvalue weighted by Crippen LogP contribution is -2.34. The monoisotopic (exact) mass is 262 g/mol. The van der Waals surface area contributed by atoms with Crippen molar-refractivity contribution in [3.05, 3.63) is 35.4 Å². The number of hydrogen-bond donors (Lipinski definition) is 2. The number of nitrogens with two attached hydrogens (primary N) is 1. The fraction of sp³-hybridized carbons (Fsp3) is 0.562. The van der Waals surface area contributed by atoms with Crippen LogP contribution in [0.15, 0.2) is 24.3 Å². The average molecular weight is 262 g/mol. The number of nitrogens with one attached hydrogen (secondary N) is 1. The normalized spacial score (nSPS) is 14.4. The highest BCUT2D eigenvalue weighted by atomic mass is 16.1. The van der Waals surface area contributed by atoms with E-state index in [1.165, 1.54) is 11.1 Å². The maximum Gasteiger partial charge on any atom is 0.231 e. The van der Waals surface area contributed by atoms with E-state index in [-0.39, 0.29) is 18.5 Å². The number of primary amides is 1. The Morgan fingerprint density at radius 3 is 2.11 bits per heavy atom. The van der Waals surface area contributed by atoms with E-state index in [4.69, 9.17) is 5.73 Å². The van der Waals surface area contributed by atoms with Crippen molar-refractivity contribution in [1.82, 2.24) is 5.32 Å². The molecule has 0 aliphatic heterocycles. The van der Waals surface area contributed by atoms with Gasteiger partial charge in [0.2, 0.25) is 5.91 Å². The Balaban J connectivity index is 2.82. The summed E-state index contributed by atoms with van der Waals surface area (Å²) in [6.45, 7) is 8.93. The van der Waals surface area contributed by atoms with Crippen molar-refractivity contribution < 1.29 is 4.79 Å². The van der Waals surface area contributed by atoms with Crippen LogP contribution in [-0.2, 0) is 4.79 Å². The van der Waals surface area contributed by atoms with E-state index in [1.54, 1.807) is 0 Å². The number of amides is 1. The average Bonchev–Trinajstić information content (AvgIpc) is 2.38. The lowest BCUT2D eigenvalue weighted by molar-refractivity contribution is -0.117. The first-order chi connectivity index (χ1) is 8.95. The van der Waals surface area contributed by atoms with Crippen LogP contribution in [0, 0.1) is 5.92 Å². The van der Waals surface area contributed by atoms with E-state index in [0.717, 1.165) is 6.42 Å². The van der Waals surface area contributed by atoms with E-state index >= 15 is 0 Å². The second-order valence-corrected chi connectivity index (χ2v) is 5.54. The van der Waals surface area contributed by atoms with Crippen LogP contribution in [0.25, 0.3) is 0 Å². The second kappa shape index (κ2) is 7.29. The molecule has 19 heavy (non-hydrogen) atoms. The molecule has 0 fully saturated rings. The van der Waals surface area contributed by atoms with Gasteiger partial charge in [-0.15, -0.1) is 0 Å². The summed E-state index contributed by atoms with van der Waals surface area (Å²) in [5.74, 6) is 0.681. The summed E-state index contributed by atoms with van der Waals surface area (Å²) in [4.78, 5) is 10.9. The molecule has 1 aromatic rings. The molecule has 0 radical (unpaired) electrons. The largest absolute Gasteiger partial charge is 0.369 e. The second-order valence-electron chi connectivity index (χ2n) is 5.54. The van der Waals surface area contributed by atoms with Crippen LogP contribution >= 0.6 is 0 Å². The van der Waals surface area contributed by atoms with Crippen molar-refractivity contribution in [2.75, 3.05) is 6.54 Å². The molecule has 0 bridgehead atoms. The molecule has 3 N–H and O–H groups in total. The molecule has 1 rings (SSSR count). The number of benzene rings is 1. The highest BCUT2D eigenvalue weighted by molar-refractivity contribution is 5.75. The molecule has 0 saturated carbocycles. The smallest absolute Gasteiger partial charge is 0.231 e. The topological polar surface area (TPSA) is 55.1 Å². The first-order valence-electron chi connectivity index (χ1n) is 7.07. The fourth-order valence-corrected chi connectivity index (χ4v) is 2.22. The van der Waals surface area contributed by atoms with E-state index in [1.807, 2.05) is 0 Å². The molecule has 3 heteroatoms. The molecule has 0 unspecified atom stereocenters. The van der Waals surface area contributed by atoms with Crippen LogP contribution < -0.4 is 11.1 Å². The SMILES string of the molecule is CC[C@@H](C)c1ccc([C@@H](NCC(N)=O)C(C)C)cc1. The first kappa shape index (κ1) is 15.7. The zero-order valence-corrected chi connectivity index (χ0v) is 12.4. The minimum Gasteiger partial charge on any atom is -0.369 e. The predicted octanol–water partition coefficient (Wildman–Crippen LogP) is 2.97. The van der Waals surface area contributed by atoms with E-state index in [9.17, 15) is 4.79 Å². The zero-order valence-electron chi connectivity index (χ0n) is 12.4. The van der Waals surface area contributed by atoms with Gasteiger partial charge in [-0.1, -0.05) is 52.0 Å². The third kappa shape index (κ3) is 4.67. The number of hydrogen-bond acceptors (Lipinski definition) is 2. The number of carbonyl (C=O) groups is 1. The quantitative estimate of drug-likeness (QED) is 0.793. The summed E-state index contributed by atoms with van der Waals surface area (Å²) in [6.07, 6.45) is 1.15. The molecule has 0 saturated heterocycles. The minimum absolute atomic E-state index is 0.165. The van der Waals surface area contributed by atoms with Gasteiger partial charge in [-0.05, 0) is 29.4 Å². The van der Waals surface area contributed by atoms with E-state index < -0.39 is 0 Å². The number of carbonyl (C=O) groups excluding carboxylic acids is 1. The third-order valence-corrected chi connectivity index (χ3v) is 3.64. The summed E-state index contributed by atoms with van der Waals surface area (Å²) in [6, 6.07) is 8.84. The molecule has 2 atom stereocenters. The Morgan fingerprint density at radius 1 is 1.16 bits per heavy atom. The minimum atomic E-state index is -0.318. The van der Waals surface area contributed by atoms with Crippen LogP contribution in [-0.4, -0.2) is 12.5 Å². The summed E-state index contributed by atoms with van der Waals surface area (Å²) in [5, 5.41) is 3.22. The fourth-order valence-electron chi connectivity index (χ4n) is 2.22. The third-order valence-electron chi connectivity index (χ3n) is 3.64. The zero-order chi connectivity index (χ0) is 14.4. The molecular weight excluding hydrogens is 236 g/mol. The molecule has 1 aromatic carbocycles. The Labute approximate surface area is 116 Å². The molecule has 0 aliphatic carbocycles. The van der Waals surface area contributed by atoms with Crippen LogP contribution in [0.3, 0.4) is 0 Å². The lowest BCUT2D eigenvalue weighted by Gasteiger charge is -2.23. The van der Waals surface area contributed by atoms with Gasteiger partial charge in [0.15, 0.2) is 0 Å². The summed E-state index contributed by atoms with van der Waals surface area (Å²) < 4.78 is 0. The molecular formula is C16H26N2O. The van der Waals surface area contributed by atoms with Crippen molar-refractivity contribution >= 4 is 5.91 Å². The molecule has 106 valence electrons. The maximum absolute atomic E-state index is 10.9. The van der Waals surface area contributed by atoms with E-state index in [2.05, 4.69) is 57.3 Å². The van der Waals surface area contributed by atoms with Crippen LogP contribution in [0.2, 0.25) is 0 Å². The molecule has 0 heterocycles. The Hall–Kier alpha value is -1.35. The van der Waals surface area contributed by atoms with Crippen molar-refractivity contribution in [3.8, 4) is 0 Å². The van der Waals surface area contributed by atoms with Gasteiger partial charge in [0.05, 0.1) is 6.54 Å². The van der Waals surface area contributed by atoms with Crippen molar-refractivity contribution in [3.63, 3.8) is 0 Å². The van der Waals surface area contributed by atoms with Gasteiger partial charge < -0.3 is 11.1 Å². The summed E-state index contributed by atoms with van der Waals surface area (Å²) in [7, 11) is 0. The molecule has 3 nitrogen and oxygen atoms in total. The van der Waals surface area contributed by atoms with Crippen molar-refractivity contribution in [1.29, 1.82) is 0 Å². The summed E-state index contributed by atoms with van der Waals surface area (Å²) in [5.41, 5.74) is 7.78. The van der Waals surface area contributed by atoms with Gasteiger partial charge in [-0.2, -0.15) is 0 Å². The molecule has 1 amide bonds. The van der Waals surface area contributed by atoms with Gasteiger partial charge in [0, 0.05) is 6.04 Å². The maximum atomic E-state index is 10.9. The number of rotatable bonds is 7. The van der Waals surface area contributed by atoms with Gasteiger partial charge in [0.25, 0.3) is 0 Å². The highest BCUT2D eigenvalue weighted by Gasteiger charge is 2.16. The Kier molecular flexibility index (Phi) is 6.03. The van der Waals surface area contributed by atoms with Crippen LogP contribution in [0.4, 0.5) is 0 Å². The van der Waals surface area contributed by atoms with Crippen molar-refractivity contribution in [2.45, 2.75) is 46.1 Å². The summed E-state index contributed by atoms with van der Waals surface area (Å²) >= 11 is 0. The van der Waals surface area contributed by atoms with Gasteiger partial charge in [-0.3, -0.25) is 4.79 Å². The van der Waals surface area contributed by atoms with Crippen LogP contribution in [0.1, 0.15) is 57.2 Å². The lowest BCUT2D eigenvalue weighted by atomic mass is 9.92. The molecule has 0 aliphatic rings. The Morgan fingerprint density at radius 2 is 1.68 bits per heavy atom. The van der Waals surface area contributed by atoms with Gasteiger partial charge in [0.1, 0.15) is 0 Å². The first-order valence-corrected chi connectivity index (χ1v) is 7.07. The van der Waals surface area contributed by atoms with Gasteiger partial charge >= 0.3 is 0 Å².